The average molecular weight is 396 g/mol. The summed E-state index contributed by atoms with van der Waals surface area (Å²) in [4.78, 5) is 44.4. The van der Waals surface area contributed by atoms with E-state index in [-0.39, 0.29) is 48.6 Å². The van der Waals surface area contributed by atoms with Gasteiger partial charge in [0.05, 0.1) is 26.2 Å². The third-order valence-corrected chi connectivity index (χ3v) is 2.17. The quantitative estimate of drug-likeness (QED) is 0.171. The van der Waals surface area contributed by atoms with E-state index in [4.69, 9.17) is 20.4 Å². The van der Waals surface area contributed by atoms with E-state index in [1.165, 1.54) is 0 Å². The molecule has 0 spiro atoms. The van der Waals surface area contributed by atoms with E-state index in [1.54, 1.807) is 0 Å². The van der Waals surface area contributed by atoms with Gasteiger partial charge >= 0.3 is 23.9 Å². The van der Waals surface area contributed by atoms with Gasteiger partial charge in [-0.25, -0.2) is 0 Å². The molecule has 162 valence electrons. The Labute approximate surface area is 149 Å². The topological polar surface area (TPSA) is 359 Å². The van der Waals surface area contributed by atoms with Crippen LogP contribution in [-0.4, -0.2) is 104 Å². The van der Waals surface area contributed by atoms with Gasteiger partial charge in [-0.2, -0.15) is 0 Å². The largest absolute Gasteiger partial charge is 0.480 e. The first-order chi connectivity index (χ1) is 9.20. The van der Waals surface area contributed by atoms with Crippen LogP contribution >= 0.6 is 0 Å². The van der Waals surface area contributed by atoms with Crippen molar-refractivity contribution in [3.05, 3.63) is 0 Å². The lowest BCUT2D eigenvalue weighted by Gasteiger charge is -2.23. The minimum absolute atomic E-state index is 0. The molecule has 0 aromatic heterocycles. The molecular weight excluding hydrogens is 364 g/mol. The maximum Gasteiger partial charge on any atom is 0.317 e. The zero-order valence-corrected chi connectivity index (χ0v) is 14.4. The maximum absolute atomic E-state index is 10.6. The first kappa shape index (κ1) is 43.7. The minimum atomic E-state index is -1.23. The van der Waals surface area contributed by atoms with E-state index in [9.17, 15) is 19.2 Å². The molecule has 0 rings (SSSR count). The molecule has 26 heavy (non-hydrogen) atoms. The number of nitrogens with zero attached hydrogens (tertiary/aromatic N) is 2. The number of carbonyl (C=O) groups is 4. The molecular formula is C10H32N6O10. The van der Waals surface area contributed by atoms with Crippen molar-refractivity contribution in [2.45, 2.75) is 0 Å². The van der Waals surface area contributed by atoms with E-state index in [0.717, 1.165) is 9.80 Å². The van der Waals surface area contributed by atoms with Gasteiger partial charge in [-0.3, -0.25) is 29.0 Å². The van der Waals surface area contributed by atoms with Crippen molar-refractivity contribution in [1.82, 2.24) is 34.4 Å². The van der Waals surface area contributed by atoms with Gasteiger partial charge in [-0.1, -0.05) is 0 Å². The Morgan fingerprint density at radius 2 is 0.654 bits per heavy atom. The number of carboxylic acids is 4. The van der Waals surface area contributed by atoms with Crippen molar-refractivity contribution < 1.29 is 50.6 Å². The van der Waals surface area contributed by atoms with E-state index >= 15 is 0 Å². The predicted octanol–water partition coefficient (Wildman–Crippen LogP) is -3.07. The van der Waals surface area contributed by atoms with E-state index in [0.29, 0.717) is 0 Å². The zero-order valence-electron chi connectivity index (χ0n) is 14.4. The molecule has 0 heterocycles. The maximum atomic E-state index is 10.6. The molecule has 0 aliphatic rings. The monoisotopic (exact) mass is 396 g/mol. The third kappa shape index (κ3) is 26.5. The molecule has 0 amide bonds. The molecule has 20 N–H and O–H groups in total. The number of aliphatic carboxylic acids is 4. The second kappa shape index (κ2) is 22.6. The van der Waals surface area contributed by atoms with Gasteiger partial charge in [-0.05, 0) is 0 Å². The number of rotatable bonds is 11. The first-order valence-electron chi connectivity index (χ1n) is 5.52. The van der Waals surface area contributed by atoms with Crippen molar-refractivity contribution in [2.75, 3.05) is 39.3 Å². The Hall–Kier alpha value is -2.44. The van der Waals surface area contributed by atoms with Gasteiger partial charge in [0.2, 0.25) is 0 Å². The van der Waals surface area contributed by atoms with Gasteiger partial charge in [0.1, 0.15) is 0 Å². The van der Waals surface area contributed by atoms with Crippen LogP contribution in [0.5, 0.6) is 0 Å². The highest BCUT2D eigenvalue weighted by Gasteiger charge is 2.17. The highest BCUT2D eigenvalue weighted by atomic mass is 16.4. The fraction of sp³-hybridized carbons (Fsp3) is 0.600. The molecule has 0 aliphatic heterocycles. The van der Waals surface area contributed by atoms with Crippen LogP contribution in [0, 0.1) is 0 Å². The Bertz CT molecular complexity index is 328. The summed E-state index contributed by atoms with van der Waals surface area (Å²) in [5.41, 5.74) is 0. The van der Waals surface area contributed by atoms with Crippen molar-refractivity contribution in [3.63, 3.8) is 0 Å². The number of carboxylic acid groups (broad SMARTS) is 4. The second-order valence-electron chi connectivity index (χ2n) is 4.00. The standard InChI is InChI=1S/C10H16N2O8.4H3N.2H2O/c13-7(14)3-11(4-8(15)16)1-2-12(5-9(17)18)6-10(19)20;;;;;;/h1-6H2,(H,13,14)(H,15,16)(H,17,18)(H,19,20);4*1H3;2*1H2. The normalized spacial score (nSPS) is 8.23. The Morgan fingerprint density at radius 1 is 0.500 bits per heavy atom. The van der Waals surface area contributed by atoms with Crippen LogP contribution in [0.2, 0.25) is 0 Å². The molecule has 0 unspecified atom stereocenters. The van der Waals surface area contributed by atoms with Crippen molar-refractivity contribution in [3.8, 4) is 0 Å². The predicted molar refractivity (Wildman–Crippen MR) is 90.7 cm³/mol. The summed E-state index contributed by atoms with van der Waals surface area (Å²) >= 11 is 0. The number of hydrogen-bond donors (Lipinski definition) is 8. The molecule has 16 heteroatoms. The van der Waals surface area contributed by atoms with Gasteiger partial charge in [0.25, 0.3) is 0 Å². The van der Waals surface area contributed by atoms with E-state index < -0.39 is 50.1 Å². The molecule has 0 aliphatic carbocycles. The summed E-state index contributed by atoms with van der Waals surface area (Å²) in [6, 6.07) is 0. The Kier molecular flexibility index (Phi) is 37.9. The zero-order chi connectivity index (χ0) is 15.7. The van der Waals surface area contributed by atoms with Crippen LogP contribution in [0.15, 0.2) is 0 Å². The molecule has 0 atom stereocenters. The summed E-state index contributed by atoms with van der Waals surface area (Å²) in [6.45, 7) is -2.25. The van der Waals surface area contributed by atoms with Crippen LogP contribution in [0.3, 0.4) is 0 Å². The third-order valence-electron chi connectivity index (χ3n) is 2.17. The summed E-state index contributed by atoms with van der Waals surface area (Å²) in [6.07, 6.45) is 0. The van der Waals surface area contributed by atoms with Crippen LogP contribution in [0.25, 0.3) is 0 Å². The summed E-state index contributed by atoms with van der Waals surface area (Å²) < 4.78 is 0. The minimum Gasteiger partial charge on any atom is -0.480 e. The lowest BCUT2D eigenvalue weighted by molar-refractivity contribution is -0.145. The van der Waals surface area contributed by atoms with Gasteiger partial charge in [0, 0.05) is 13.1 Å². The van der Waals surface area contributed by atoms with Crippen LogP contribution in [0.1, 0.15) is 0 Å². The van der Waals surface area contributed by atoms with E-state index in [2.05, 4.69) is 0 Å². The summed E-state index contributed by atoms with van der Waals surface area (Å²) in [5, 5.41) is 34.5. The summed E-state index contributed by atoms with van der Waals surface area (Å²) in [7, 11) is 0. The van der Waals surface area contributed by atoms with Crippen LogP contribution < -0.4 is 24.6 Å². The molecule has 16 nitrogen and oxygen atoms in total. The molecule has 0 saturated carbocycles. The first-order valence-corrected chi connectivity index (χ1v) is 5.52. The van der Waals surface area contributed by atoms with Crippen molar-refractivity contribution >= 4 is 23.9 Å². The van der Waals surface area contributed by atoms with Crippen LogP contribution in [0.4, 0.5) is 0 Å². The fourth-order valence-corrected chi connectivity index (χ4v) is 1.48. The summed E-state index contributed by atoms with van der Waals surface area (Å²) in [5.74, 6) is -4.91. The SMILES string of the molecule is N.N.N.N.O.O.O=C(O)CN(CCN(CC(=O)O)CC(=O)O)CC(=O)O. The molecule has 0 aromatic carbocycles. The molecule has 0 fully saturated rings. The fourth-order valence-electron chi connectivity index (χ4n) is 1.48. The van der Waals surface area contributed by atoms with E-state index in [1.807, 2.05) is 0 Å². The number of hydrogen-bond acceptors (Lipinski definition) is 10. The van der Waals surface area contributed by atoms with Gasteiger partial charge in [0.15, 0.2) is 0 Å². The molecule has 0 aromatic rings. The van der Waals surface area contributed by atoms with Crippen molar-refractivity contribution in [1.29, 1.82) is 0 Å². The molecule has 0 radical (unpaired) electrons. The molecule has 0 bridgehead atoms. The highest BCUT2D eigenvalue weighted by molar-refractivity contribution is 5.73. The van der Waals surface area contributed by atoms with Crippen molar-refractivity contribution in [2.24, 2.45) is 0 Å². The Balaban J connectivity index is -0.000000120. The van der Waals surface area contributed by atoms with Gasteiger partial charge < -0.3 is 56.0 Å². The Morgan fingerprint density at radius 3 is 0.769 bits per heavy atom. The lowest BCUT2D eigenvalue weighted by atomic mass is 10.4. The highest BCUT2D eigenvalue weighted by Crippen LogP contribution is 1.94. The van der Waals surface area contributed by atoms with Gasteiger partial charge in [-0.15, -0.1) is 0 Å². The lowest BCUT2D eigenvalue weighted by Crippen LogP contribution is -2.43. The van der Waals surface area contributed by atoms with Crippen LogP contribution in [-0.2, 0) is 19.2 Å². The molecule has 0 saturated heterocycles. The second-order valence-corrected chi connectivity index (χ2v) is 4.00. The smallest absolute Gasteiger partial charge is 0.317 e. The average Bonchev–Trinajstić information content (AvgIpc) is 2.22.